The number of rotatable bonds is 9. The van der Waals surface area contributed by atoms with Crippen molar-refractivity contribution in [3.63, 3.8) is 0 Å². The molecule has 0 bridgehead atoms. The summed E-state index contributed by atoms with van der Waals surface area (Å²) in [5.74, 6) is 0.469. The first-order valence-electron chi connectivity index (χ1n) is 14.6. The Morgan fingerprint density at radius 2 is 1.41 bits per heavy atom. The summed E-state index contributed by atoms with van der Waals surface area (Å²) in [6.45, 7) is 3.87. The zero-order valence-corrected chi connectivity index (χ0v) is 26.6. The fraction of sp³-hybridized carbons (Fsp3) is 0.581. The Bertz CT molecular complexity index is 1230. The minimum Gasteiger partial charge on any atom is -0.495 e. The lowest BCUT2D eigenvalue weighted by Gasteiger charge is -2.43. The van der Waals surface area contributed by atoms with Crippen LogP contribution >= 0.6 is 15.9 Å². The van der Waals surface area contributed by atoms with E-state index in [4.69, 9.17) is 9.47 Å². The van der Waals surface area contributed by atoms with E-state index in [1.807, 2.05) is 12.1 Å². The van der Waals surface area contributed by atoms with Crippen molar-refractivity contribution in [2.75, 3.05) is 54.0 Å². The number of methoxy groups -OCH3 is 2. The molecule has 0 radical (unpaired) electrons. The van der Waals surface area contributed by atoms with Gasteiger partial charge in [-0.05, 0) is 96.2 Å². The highest BCUT2D eigenvalue weighted by molar-refractivity contribution is 9.10. The van der Waals surface area contributed by atoms with Crippen molar-refractivity contribution in [2.45, 2.75) is 63.0 Å². The van der Waals surface area contributed by atoms with Crippen LogP contribution in [0.5, 0.6) is 11.5 Å². The number of hydrogen-bond donors (Lipinski definition) is 0. The van der Waals surface area contributed by atoms with Crippen LogP contribution in [0.15, 0.2) is 34.8 Å². The summed E-state index contributed by atoms with van der Waals surface area (Å²) in [5, 5.41) is 0. The summed E-state index contributed by atoms with van der Waals surface area (Å²) < 4.78 is 92.1. The summed E-state index contributed by atoms with van der Waals surface area (Å²) >= 11 is 3.49. The molecule has 0 N–H and O–H groups in total. The minimum absolute atomic E-state index is 0.0650. The predicted molar refractivity (Wildman–Crippen MR) is 158 cm³/mol. The van der Waals surface area contributed by atoms with Crippen LogP contribution in [0.2, 0.25) is 0 Å². The molecule has 1 unspecified atom stereocenters. The molecule has 2 aliphatic heterocycles. The van der Waals surface area contributed by atoms with E-state index in [0.29, 0.717) is 34.1 Å². The second kappa shape index (κ2) is 14.3. The molecule has 1 amide bonds. The number of likely N-dealkylation sites (N-methyl/N-ethyl adjacent to an activating group) is 1. The van der Waals surface area contributed by atoms with Crippen LogP contribution in [0, 0.1) is 0 Å². The Morgan fingerprint density at radius 1 is 0.886 bits per heavy atom. The van der Waals surface area contributed by atoms with E-state index in [0.717, 1.165) is 44.6 Å². The molecule has 13 heteroatoms. The number of carbonyl (C=O) groups excluding carboxylic acids is 1. The third-order valence-corrected chi connectivity index (χ3v) is 9.36. The van der Waals surface area contributed by atoms with Crippen LogP contribution in [-0.4, -0.2) is 80.6 Å². The number of piperidine rings is 2. The van der Waals surface area contributed by atoms with Crippen molar-refractivity contribution in [3.8, 4) is 11.5 Å². The maximum absolute atomic E-state index is 13.4. The summed E-state index contributed by atoms with van der Waals surface area (Å²) in [4.78, 5) is 19.5. The van der Waals surface area contributed by atoms with Crippen molar-refractivity contribution < 1.29 is 40.6 Å². The van der Waals surface area contributed by atoms with Crippen LogP contribution in [0.4, 0.5) is 26.3 Å². The zero-order valence-electron chi connectivity index (χ0n) is 25.0. The van der Waals surface area contributed by atoms with E-state index in [1.54, 1.807) is 0 Å². The lowest BCUT2D eigenvalue weighted by molar-refractivity contribution is -0.143. The van der Waals surface area contributed by atoms with Crippen molar-refractivity contribution >= 4 is 21.8 Å². The molecule has 0 spiro atoms. The number of ether oxygens (including phenoxy) is 2. The van der Waals surface area contributed by atoms with E-state index in [1.165, 1.54) is 45.4 Å². The Kier molecular flexibility index (Phi) is 11.2. The van der Waals surface area contributed by atoms with Crippen LogP contribution in [0.3, 0.4) is 0 Å². The second-order valence-corrected chi connectivity index (χ2v) is 12.3. The van der Waals surface area contributed by atoms with Gasteiger partial charge in [0.15, 0.2) is 0 Å². The van der Waals surface area contributed by atoms with Gasteiger partial charge in [0, 0.05) is 32.7 Å². The number of hydrogen-bond acceptors (Lipinski definition) is 5. The van der Waals surface area contributed by atoms with Gasteiger partial charge >= 0.3 is 12.4 Å². The number of alkyl halides is 6. The molecular weight excluding hydrogens is 656 g/mol. The molecular formula is C31H38BrF6N3O3. The lowest BCUT2D eigenvalue weighted by atomic mass is 9.96. The highest BCUT2D eigenvalue weighted by atomic mass is 79.9. The van der Waals surface area contributed by atoms with Gasteiger partial charge in [-0.15, -0.1) is 0 Å². The van der Waals surface area contributed by atoms with Crippen molar-refractivity contribution in [2.24, 2.45) is 0 Å². The molecule has 44 heavy (non-hydrogen) atoms. The first kappa shape index (κ1) is 34.4. The van der Waals surface area contributed by atoms with E-state index in [9.17, 15) is 31.1 Å². The highest BCUT2D eigenvalue weighted by Gasteiger charge is 2.37. The third kappa shape index (κ3) is 8.39. The topological polar surface area (TPSA) is 45.2 Å². The van der Waals surface area contributed by atoms with E-state index in [2.05, 4.69) is 25.7 Å². The minimum atomic E-state index is -4.99. The summed E-state index contributed by atoms with van der Waals surface area (Å²) in [6, 6.07) is 5.14. The largest absolute Gasteiger partial charge is 0.495 e. The van der Waals surface area contributed by atoms with Gasteiger partial charge in [0.1, 0.15) is 16.0 Å². The molecule has 0 aliphatic carbocycles. The Labute approximate surface area is 262 Å². The maximum Gasteiger partial charge on any atom is 0.416 e. The predicted octanol–water partition coefficient (Wildman–Crippen LogP) is 7.20. The normalized spacial score (nSPS) is 18.2. The van der Waals surface area contributed by atoms with Gasteiger partial charge in [0.05, 0.1) is 37.8 Å². The molecule has 0 aromatic heterocycles. The van der Waals surface area contributed by atoms with Gasteiger partial charge in [-0.2, -0.15) is 26.3 Å². The van der Waals surface area contributed by atoms with E-state index >= 15 is 0 Å². The number of carbonyl (C=O) groups is 1. The second-order valence-electron chi connectivity index (χ2n) is 11.5. The van der Waals surface area contributed by atoms with Crippen LogP contribution < -0.4 is 9.47 Å². The number of likely N-dealkylation sites (tertiary alicyclic amines) is 2. The Balaban J connectivity index is 1.58. The number of nitrogens with zero attached hydrogens (tertiary/aromatic N) is 3. The van der Waals surface area contributed by atoms with E-state index < -0.39 is 35.8 Å². The molecule has 1 atom stereocenters. The number of halogens is 7. The average Bonchev–Trinajstić information content (AvgIpc) is 2.99. The van der Waals surface area contributed by atoms with Crippen LogP contribution in [0.25, 0.3) is 0 Å². The lowest BCUT2D eigenvalue weighted by Crippen LogP contribution is -2.49. The standard InChI is InChI=1S/C31H38BrF6N3O3/c1-39(28(42)15-20-13-22(30(33,34)35)18-23(14-20)31(36,37)38)19-25(21-16-26(43-2)29(32)27(17-21)44-3)41-11-7-24(8-12-41)40-9-5-4-6-10-40/h13-14,16-18,24-25H,4-12,15,19H2,1-3H3. The van der Waals surface area contributed by atoms with Crippen molar-refractivity contribution in [1.82, 2.24) is 14.7 Å². The van der Waals surface area contributed by atoms with Gasteiger partial charge in [-0.3, -0.25) is 9.69 Å². The molecule has 0 saturated carbocycles. The molecule has 244 valence electrons. The summed E-state index contributed by atoms with van der Waals surface area (Å²) in [7, 11) is 4.58. The molecule has 2 aliphatic rings. The van der Waals surface area contributed by atoms with Crippen LogP contribution in [-0.2, 0) is 23.6 Å². The zero-order chi connectivity index (χ0) is 32.2. The Hall–Kier alpha value is -2.51. The molecule has 2 fully saturated rings. The van der Waals surface area contributed by atoms with Gasteiger partial charge in [-0.25, -0.2) is 0 Å². The fourth-order valence-electron chi connectivity index (χ4n) is 6.15. The molecule has 2 aromatic rings. The Morgan fingerprint density at radius 3 is 1.89 bits per heavy atom. The van der Waals surface area contributed by atoms with E-state index in [-0.39, 0.29) is 24.2 Å². The van der Waals surface area contributed by atoms with Gasteiger partial charge in [-0.1, -0.05) is 6.42 Å². The fourth-order valence-corrected chi connectivity index (χ4v) is 6.70. The first-order chi connectivity index (χ1) is 20.7. The highest BCUT2D eigenvalue weighted by Crippen LogP contribution is 2.40. The molecule has 4 rings (SSSR count). The van der Waals surface area contributed by atoms with Gasteiger partial charge in [0.25, 0.3) is 0 Å². The average molecular weight is 695 g/mol. The molecule has 2 heterocycles. The van der Waals surface area contributed by atoms with Crippen molar-refractivity contribution in [1.29, 1.82) is 0 Å². The number of benzene rings is 2. The van der Waals surface area contributed by atoms with Crippen LogP contribution in [0.1, 0.15) is 60.4 Å². The SMILES string of the molecule is COc1cc(C(CN(C)C(=O)Cc2cc(C(F)(F)F)cc(C(F)(F)F)c2)N2CCC(N3CCCCC3)CC2)cc(OC)c1Br. The van der Waals surface area contributed by atoms with Crippen molar-refractivity contribution in [3.05, 3.63) is 57.1 Å². The number of amides is 1. The smallest absolute Gasteiger partial charge is 0.416 e. The first-order valence-corrected chi connectivity index (χ1v) is 15.4. The van der Waals surface area contributed by atoms with Gasteiger partial charge in [0.2, 0.25) is 5.91 Å². The monoisotopic (exact) mass is 693 g/mol. The molecule has 2 saturated heterocycles. The summed E-state index contributed by atoms with van der Waals surface area (Å²) in [6.07, 6.45) is -5.04. The third-order valence-electron chi connectivity index (χ3n) is 8.58. The van der Waals surface area contributed by atoms with Gasteiger partial charge < -0.3 is 19.3 Å². The molecule has 6 nitrogen and oxygen atoms in total. The maximum atomic E-state index is 13.4. The molecule has 2 aromatic carbocycles. The quantitative estimate of drug-likeness (QED) is 0.260. The summed E-state index contributed by atoms with van der Waals surface area (Å²) in [5.41, 5.74) is -2.42.